The third-order valence-electron chi connectivity index (χ3n) is 4.63. The van der Waals surface area contributed by atoms with E-state index in [9.17, 15) is 4.79 Å². The molecule has 2 aromatic carbocycles. The Morgan fingerprint density at radius 3 is 2.56 bits per heavy atom. The molecule has 0 spiro atoms. The summed E-state index contributed by atoms with van der Waals surface area (Å²) in [6.07, 6.45) is 0. The van der Waals surface area contributed by atoms with Crippen LogP contribution in [0.1, 0.15) is 27.2 Å². The van der Waals surface area contributed by atoms with Crippen LogP contribution in [0.4, 0.5) is 0 Å². The number of fused-ring (bicyclic) bond motifs is 1. The van der Waals surface area contributed by atoms with Crippen LogP contribution < -0.4 is 5.32 Å². The number of hydrogen-bond donors (Lipinski definition) is 1. The van der Waals surface area contributed by atoms with Gasteiger partial charge in [0.1, 0.15) is 0 Å². The van der Waals surface area contributed by atoms with E-state index in [1.54, 1.807) is 6.07 Å². The van der Waals surface area contributed by atoms with Crippen LogP contribution in [0.5, 0.6) is 0 Å². The van der Waals surface area contributed by atoms with Crippen LogP contribution >= 0.6 is 0 Å². The Balaban J connectivity index is 1.72. The van der Waals surface area contributed by atoms with E-state index in [1.807, 2.05) is 68.4 Å². The molecule has 0 aliphatic carbocycles. The lowest BCUT2D eigenvalue weighted by Gasteiger charge is -2.10. The highest BCUT2D eigenvalue weighted by Gasteiger charge is 2.19. The van der Waals surface area contributed by atoms with Crippen LogP contribution in [-0.4, -0.2) is 16.0 Å². The van der Waals surface area contributed by atoms with E-state index >= 15 is 0 Å². The SMILES string of the molecule is Cc1ccccc1CNC(=O)c1cc(-c2ccccc2)nc2onc(C)c12. The number of pyridine rings is 1. The van der Waals surface area contributed by atoms with Crippen LogP contribution in [0.15, 0.2) is 65.2 Å². The van der Waals surface area contributed by atoms with Gasteiger partial charge in [-0.3, -0.25) is 4.79 Å². The van der Waals surface area contributed by atoms with Crippen LogP contribution in [0, 0.1) is 13.8 Å². The molecular formula is C22H19N3O2. The van der Waals surface area contributed by atoms with Crippen molar-refractivity contribution >= 4 is 17.0 Å². The molecule has 27 heavy (non-hydrogen) atoms. The molecule has 0 aliphatic heterocycles. The van der Waals surface area contributed by atoms with Crippen molar-refractivity contribution in [1.82, 2.24) is 15.5 Å². The molecule has 0 saturated carbocycles. The lowest BCUT2D eigenvalue weighted by atomic mass is 10.0. The molecule has 0 unspecified atom stereocenters. The number of benzene rings is 2. The van der Waals surface area contributed by atoms with E-state index in [-0.39, 0.29) is 5.91 Å². The summed E-state index contributed by atoms with van der Waals surface area (Å²) in [6.45, 7) is 4.30. The first-order valence-electron chi connectivity index (χ1n) is 8.78. The maximum absolute atomic E-state index is 13.0. The van der Waals surface area contributed by atoms with E-state index in [2.05, 4.69) is 15.5 Å². The fraction of sp³-hybridized carbons (Fsp3) is 0.136. The van der Waals surface area contributed by atoms with Crippen molar-refractivity contribution in [3.8, 4) is 11.3 Å². The highest BCUT2D eigenvalue weighted by atomic mass is 16.5. The Morgan fingerprint density at radius 2 is 1.78 bits per heavy atom. The van der Waals surface area contributed by atoms with Gasteiger partial charge in [-0.2, -0.15) is 0 Å². The minimum Gasteiger partial charge on any atom is -0.348 e. The molecular weight excluding hydrogens is 338 g/mol. The van der Waals surface area contributed by atoms with Gasteiger partial charge in [0.2, 0.25) is 0 Å². The Kier molecular flexibility index (Phi) is 4.42. The van der Waals surface area contributed by atoms with Crippen LogP contribution in [-0.2, 0) is 6.54 Å². The first-order valence-corrected chi connectivity index (χ1v) is 8.78. The Hall–Kier alpha value is -3.47. The summed E-state index contributed by atoms with van der Waals surface area (Å²) in [5.41, 5.74) is 5.37. The Bertz CT molecular complexity index is 1120. The minimum atomic E-state index is -0.172. The first-order chi connectivity index (χ1) is 13.1. The van der Waals surface area contributed by atoms with Gasteiger partial charge in [0.05, 0.1) is 22.3 Å². The number of aryl methyl sites for hydroxylation is 2. The number of carbonyl (C=O) groups excluding carboxylic acids is 1. The molecule has 0 aliphatic rings. The second-order valence-electron chi connectivity index (χ2n) is 6.48. The molecule has 4 rings (SSSR count). The van der Waals surface area contributed by atoms with Crippen LogP contribution in [0.25, 0.3) is 22.4 Å². The van der Waals surface area contributed by atoms with Crippen molar-refractivity contribution in [2.24, 2.45) is 0 Å². The third kappa shape index (κ3) is 3.31. The molecule has 1 N–H and O–H groups in total. The number of carbonyl (C=O) groups is 1. The Morgan fingerprint density at radius 1 is 1.04 bits per heavy atom. The molecule has 0 bridgehead atoms. The van der Waals surface area contributed by atoms with Gasteiger partial charge in [-0.15, -0.1) is 0 Å². The van der Waals surface area contributed by atoms with Crippen molar-refractivity contribution in [1.29, 1.82) is 0 Å². The van der Waals surface area contributed by atoms with Crippen LogP contribution in [0.3, 0.4) is 0 Å². The summed E-state index contributed by atoms with van der Waals surface area (Å²) in [6, 6.07) is 19.5. The summed E-state index contributed by atoms with van der Waals surface area (Å²) >= 11 is 0. The number of amides is 1. The van der Waals surface area contributed by atoms with Crippen molar-refractivity contribution in [3.05, 3.63) is 83.0 Å². The normalized spacial score (nSPS) is 10.9. The molecule has 2 heterocycles. The summed E-state index contributed by atoms with van der Waals surface area (Å²) in [5, 5.41) is 7.65. The lowest BCUT2D eigenvalue weighted by Crippen LogP contribution is -2.23. The largest absolute Gasteiger partial charge is 0.348 e. The fourth-order valence-electron chi connectivity index (χ4n) is 3.11. The van der Waals surface area contributed by atoms with Crippen LogP contribution in [0.2, 0.25) is 0 Å². The van der Waals surface area contributed by atoms with Gasteiger partial charge in [-0.1, -0.05) is 59.8 Å². The van der Waals surface area contributed by atoms with Gasteiger partial charge in [0.25, 0.3) is 11.6 Å². The van der Waals surface area contributed by atoms with Gasteiger partial charge >= 0.3 is 0 Å². The molecule has 0 saturated heterocycles. The number of rotatable bonds is 4. The van der Waals surface area contributed by atoms with Gasteiger partial charge in [0, 0.05) is 12.1 Å². The molecule has 5 heteroatoms. The number of aromatic nitrogens is 2. The second-order valence-corrected chi connectivity index (χ2v) is 6.48. The standard InChI is InChI=1S/C22H19N3O2/c1-14-8-6-7-11-17(14)13-23-21(26)18-12-19(16-9-4-3-5-10-16)24-22-20(18)15(2)25-27-22/h3-12H,13H2,1-2H3,(H,23,26). The summed E-state index contributed by atoms with van der Waals surface area (Å²) in [5.74, 6) is -0.172. The number of nitrogens with one attached hydrogen (secondary N) is 1. The van der Waals surface area contributed by atoms with E-state index in [0.29, 0.717) is 34.6 Å². The first kappa shape index (κ1) is 17.0. The maximum atomic E-state index is 13.0. The minimum absolute atomic E-state index is 0.172. The molecule has 134 valence electrons. The van der Waals surface area contributed by atoms with Gasteiger partial charge in [-0.25, -0.2) is 4.98 Å². The van der Waals surface area contributed by atoms with Crippen molar-refractivity contribution in [2.75, 3.05) is 0 Å². The highest BCUT2D eigenvalue weighted by molar-refractivity contribution is 6.06. The quantitative estimate of drug-likeness (QED) is 0.586. The molecule has 2 aromatic heterocycles. The topological polar surface area (TPSA) is 68.0 Å². The third-order valence-corrected chi connectivity index (χ3v) is 4.63. The molecule has 0 fully saturated rings. The highest BCUT2D eigenvalue weighted by Crippen LogP contribution is 2.27. The lowest BCUT2D eigenvalue weighted by molar-refractivity contribution is 0.0952. The predicted molar refractivity (Wildman–Crippen MR) is 104 cm³/mol. The smallest absolute Gasteiger partial charge is 0.259 e. The van der Waals surface area contributed by atoms with E-state index in [0.717, 1.165) is 16.7 Å². The molecule has 0 radical (unpaired) electrons. The number of hydrogen-bond acceptors (Lipinski definition) is 4. The van der Waals surface area contributed by atoms with E-state index < -0.39 is 0 Å². The average Bonchev–Trinajstić information content (AvgIpc) is 3.08. The summed E-state index contributed by atoms with van der Waals surface area (Å²) in [4.78, 5) is 17.5. The second kappa shape index (κ2) is 7.03. The maximum Gasteiger partial charge on any atom is 0.259 e. The average molecular weight is 357 g/mol. The predicted octanol–water partition coefficient (Wildman–Crippen LogP) is 4.44. The molecule has 4 aromatic rings. The van der Waals surface area contributed by atoms with Crippen molar-refractivity contribution in [2.45, 2.75) is 20.4 Å². The molecule has 5 nitrogen and oxygen atoms in total. The van der Waals surface area contributed by atoms with Gasteiger partial charge in [-0.05, 0) is 31.0 Å². The van der Waals surface area contributed by atoms with E-state index in [1.165, 1.54) is 0 Å². The molecule has 1 amide bonds. The van der Waals surface area contributed by atoms with E-state index in [4.69, 9.17) is 4.52 Å². The van der Waals surface area contributed by atoms with Crippen molar-refractivity contribution < 1.29 is 9.32 Å². The Labute approximate surface area is 157 Å². The van der Waals surface area contributed by atoms with Crippen molar-refractivity contribution in [3.63, 3.8) is 0 Å². The zero-order valence-electron chi connectivity index (χ0n) is 15.2. The number of nitrogens with zero attached hydrogens (tertiary/aromatic N) is 2. The van der Waals surface area contributed by atoms with Gasteiger partial charge < -0.3 is 9.84 Å². The van der Waals surface area contributed by atoms with Gasteiger partial charge in [0.15, 0.2) is 0 Å². The summed E-state index contributed by atoms with van der Waals surface area (Å²) < 4.78 is 5.34. The molecule has 0 atom stereocenters. The zero-order valence-corrected chi connectivity index (χ0v) is 15.2. The monoisotopic (exact) mass is 357 g/mol. The zero-order chi connectivity index (χ0) is 18.8. The fourth-order valence-corrected chi connectivity index (χ4v) is 3.11. The summed E-state index contributed by atoms with van der Waals surface area (Å²) in [7, 11) is 0.